The van der Waals surface area contributed by atoms with E-state index in [-0.39, 0.29) is 17.6 Å². The minimum Gasteiger partial charge on any atom is -0.489 e. The van der Waals surface area contributed by atoms with Crippen molar-refractivity contribution in [3.63, 3.8) is 0 Å². The molecule has 0 aromatic heterocycles. The van der Waals surface area contributed by atoms with E-state index in [9.17, 15) is 9.59 Å². The first-order valence-electron chi connectivity index (χ1n) is 12.9. The Labute approximate surface area is 214 Å². The predicted octanol–water partition coefficient (Wildman–Crippen LogP) is 5.82. The molecule has 3 aromatic carbocycles. The third-order valence-corrected chi connectivity index (χ3v) is 6.55. The fourth-order valence-electron chi connectivity index (χ4n) is 4.68. The van der Waals surface area contributed by atoms with Gasteiger partial charge in [-0.15, -0.1) is 0 Å². The van der Waals surface area contributed by atoms with Gasteiger partial charge in [-0.05, 0) is 67.0 Å². The number of amides is 1. The van der Waals surface area contributed by atoms with Gasteiger partial charge in [-0.1, -0.05) is 68.4 Å². The zero-order valence-corrected chi connectivity index (χ0v) is 21.3. The summed E-state index contributed by atoms with van der Waals surface area (Å²) in [6.07, 6.45) is 3.81. The minimum absolute atomic E-state index is 0.0465. The number of hydrogen-bond acceptors (Lipinski definition) is 4. The first-order valence-corrected chi connectivity index (χ1v) is 12.9. The lowest BCUT2D eigenvalue weighted by Gasteiger charge is -2.27. The van der Waals surface area contributed by atoms with Crippen LogP contribution in [0.2, 0.25) is 0 Å². The Morgan fingerprint density at radius 2 is 1.72 bits per heavy atom. The van der Waals surface area contributed by atoms with Crippen LogP contribution in [0.25, 0.3) is 0 Å². The van der Waals surface area contributed by atoms with E-state index in [0.717, 1.165) is 37.1 Å². The van der Waals surface area contributed by atoms with Gasteiger partial charge in [0.15, 0.2) is 5.78 Å². The quantitative estimate of drug-likeness (QED) is 0.394. The number of fused-ring (bicyclic) bond motifs is 1. The molecule has 4 rings (SSSR count). The number of anilines is 1. The van der Waals surface area contributed by atoms with Gasteiger partial charge in [-0.25, -0.2) is 0 Å². The second-order valence-corrected chi connectivity index (χ2v) is 9.93. The smallest absolute Gasteiger partial charge is 0.251 e. The summed E-state index contributed by atoms with van der Waals surface area (Å²) < 4.78 is 5.89. The summed E-state index contributed by atoms with van der Waals surface area (Å²) in [6.45, 7) is 5.73. The van der Waals surface area contributed by atoms with E-state index in [2.05, 4.69) is 42.3 Å². The number of rotatable bonds is 10. The molecule has 1 amide bonds. The average molecular weight is 485 g/mol. The first-order chi connectivity index (χ1) is 17.5. The van der Waals surface area contributed by atoms with Gasteiger partial charge in [0.2, 0.25) is 0 Å². The largest absolute Gasteiger partial charge is 0.489 e. The van der Waals surface area contributed by atoms with Crippen molar-refractivity contribution in [3.8, 4) is 5.75 Å². The number of nitrogens with one attached hydrogen (secondary N) is 1. The van der Waals surface area contributed by atoms with Crippen molar-refractivity contribution in [3.05, 3.63) is 95.6 Å². The molecule has 188 valence electrons. The number of para-hydroxylation sites is 1. The maximum absolute atomic E-state index is 13.5. The summed E-state index contributed by atoms with van der Waals surface area (Å²) in [5, 5.41) is 3.02. The third-order valence-electron chi connectivity index (χ3n) is 6.55. The molecule has 0 saturated carbocycles. The highest BCUT2D eigenvalue weighted by Crippen LogP contribution is 2.26. The molecular formula is C31H36N2O3. The Balaban J connectivity index is 1.43. The summed E-state index contributed by atoms with van der Waals surface area (Å²) in [5.41, 5.74) is 3.98. The number of hydrogen-bond donors (Lipinski definition) is 1. The van der Waals surface area contributed by atoms with Gasteiger partial charge in [0.1, 0.15) is 12.4 Å². The van der Waals surface area contributed by atoms with E-state index in [4.69, 9.17) is 4.74 Å². The van der Waals surface area contributed by atoms with Crippen LogP contribution in [0.1, 0.15) is 54.6 Å². The maximum atomic E-state index is 13.5. The monoisotopic (exact) mass is 484 g/mol. The van der Waals surface area contributed by atoms with Crippen LogP contribution in [0.3, 0.4) is 0 Å². The summed E-state index contributed by atoms with van der Waals surface area (Å²) in [5.74, 6) is 0.691. The van der Waals surface area contributed by atoms with E-state index in [1.54, 1.807) is 12.1 Å². The fraction of sp³-hybridized carbons (Fsp3) is 0.355. The molecule has 0 bridgehead atoms. The van der Waals surface area contributed by atoms with Crippen LogP contribution >= 0.6 is 0 Å². The fourth-order valence-corrected chi connectivity index (χ4v) is 4.68. The summed E-state index contributed by atoms with van der Waals surface area (Å²) in [7, 11) is 0. The summed E-state index contributed by atoms with van der Waals surface area (Å²) in [6, 6.07) is 24.9. The van der Waals surface area contributed by atoms with E-state index >= 15 is 0 Å². The van der Waals surface area contributed by atoms with Crippen molar-refractivity contribution in [2.75, 3.05) is 18.0 Å². The Bertz CT molecular complexity index is 1160. The number of carbonyl (C=O) groups excluding carboxylic acids is 2. The molecule has 1 aliphatic rings. The van der Waals surface area contributed by atoms with Crippen molar-refractivity contribution in [1.82, 2.24) is 5.32 Å². The predicted molar refractivity (Wildman–Crippen MR) is 145 cm³/mol. The van der Waals surface area contributed by atoms with E-state index in [1.807, 2.05) is 48.5 Å². The molecule has 0 spiro atoms. The molecule has 36 heavy (non-hydrogen) atoms. The van der Waals surface area contributed by atoms with E-state index in [0.29, 0.717) is 30.9 Å². The highest BCUT2D eigenvalue weighted by atomic mass is 16.5. The first kappa shape index (κ1) is 25.5. The van der Waals surface area contributed by atoms with Crippen LogP contribution in [0, 0.1) is 5.92 Å². The van der Waals surface area contributed by atoms with Crippen LogP contribution in [-0.4, -0.2) is 30.8 Å². The molecule has 5 heteroatoms. The molecule has 0 aliphatic carbocycles. The minimum atomic E-state index is -0.540. The zero-order chi connectivity index (χ0) is 25.3. The lowest BCUT2D eigenvalue weighted by atomic mass is 9.99. The topological polar surface area (TPSA) is 58.6 Å². The molecule has 0 fully saturated rings. The molecule has 3 aromatic rings. The number of benzene rings is 3. The van der Waals surface area contributed by atoms with Gasteiger partial charge in [-0.3, -0.25) is 9.59 Å². The van der Waals surface area contributed by atoms with Gasteiger partial charge < -0.3 is 15.0 Å². The second kappa shape index (κ2) is 12.4. The van der Waals surface area contributed by atoms with Crippen LogP contribution in [-0.2, 0) is 17.8 Å². The molecule has 1 aliphatic heterocycles. The van der Waals surface area contributed by atoms with Gasteiger partial charge in [-0.2, -0.15) is 0 Å². The lowest BCUT2D eigenvalue weighted by molar-refractivity contribution is -0.120. The Morgan fingerprint density at radius 3 is 2.53 bits per heavy atom. The molecular weight excluding hydrogens is 448 g/mol. The Hall–Kier alpha value is -3.60. The van der Waals surface area contributed by atoms with Crippen molar-refractivity contribution < 1.29 is 14.3 Å². The normalized spacial score (nSPS) is 14.0. The maximum Gasteiger partial charge on any atom is 0.251 e. The van der Waals surface area contributed by atoms with Crippen LogP contribution in [0.5, 0.6) is 5.75 Å². The number of Topliss-reactive ketones (excluding diaryl/α,β-unsaturated/α-hetero) is 1. The molecule has 0 radical (unpaired) electrons. The number of ether oxygens (including phenoxy) is 1. The van der Waals surface area contributed by atoms with Gasteiger partial charge in [0.25, 0.3) is 5.91 Å². The Kier molecular flexibility index (Phi) is 8.77. The molecule has 1 N–H and O–H groups in total. The van der Waals surface area contributed by atoms with E-state index in [1.165, 1.54) is 5.56 Å². The van der Waals surface area contributed by atoms with Crippen LogP contribution in [0.15, 0.2) is 78.9 Å². The number of ketones is 1. The van der Waals surface area contributed by atoms with Crippen molar-refractivity contribution in [2.45, 2.75) is 52.2 Å². The van der Waals surface area contributed by atoms with E-state index < -0.39 is 6.04 Å². The van der Waals surface area contributed by atoms with Crippen molar-refractivity contribution in [1.29, 1.82) is 0 Å². The number of aryl methyl sites for hydroxylation is 1. The van der Waals surface area contributed by atoms with Gasteiger partial charge in [0.05, 0.1) is 12.6 Å². The van der Waals surface area contributed by atoms with Crippen molar-refractivity contribution in [2.24, 2.45) is 5.92 Å². The molecule has 0 saturated heterocycles. The molecule has 1 unspecified atom stereocenters. The van der Waals surface area contributed by atoms with Gasteiger partial charge >= 0.3 is 0 Å². The highest BCUT2D eigenvalue weighted by molar-refractivity contribution is 5.99. The molecule has 5 nitrogen and oxygen atoms in total. The number of carbonyl (C=O) groups is 2. The average Bonchev–Trinajstić information content (AvgIpc) is 3.10. The Morgan fingerprint density at radius 1 is 0.944 bits per heavy atom. The molecule has 1 heterocycles. The second-order valence-electron chi connectivity index (χ2n) is 9.93. The number of nitrogens with zero attached hydrogens (tertiary/aromatic N) is 1. The van der Waals surface area contributed by atoms with Crippen molar-refractivity contribution >= 4 is 17.4 Å². The van der Waals surface area contributed by atoms with Crippen LogP contribution in [0.4, 0.5) is 5.69 Å². The summed E-state index contributed by atoms with van der Waals surface area (Å²) >= 11 is 0. The summed E-state index contributed by atoms with van der Waals surface area (Å²) in [4.78, 5) is 28.8. The standard InChI is InChI=1S/C31H36N2O3/c1-23(2)19-28(30(34)21-33-18-9-8-14-25-13-6-7-17-29(25)33)32-31(35)26-15-10-16-27(20-26)36-22-24-11-4-3-5-12-24/h3-7,10-13,15-17,20,23,28H,8-9,14,18-19,21-22H2,1-2H3,(H,32,35). The SMILES string of the molecule is CC(C)CC(NC(=O)c1cccc(OCc2ccccc2)c1)C(=O)CN1CCCCc2ccccc21. The zero-order valence-electron chi connectivity index (χ0n) is 21.3. The lowest BCUT2D eigenvalue weighted by Crippen LogP contribution is -2.46. The van der Waals surface area contributed by atoms with Crippen LogP contribution < -0.4 is 15.0 Å². The third kappa shape index (κ3) is 6.97. The highest BCUT2D eigenvalue weighted by Gasteiger charge is 2.26. The van der Waals surface area contributed by atoms with Gasteiger partial charge in [0, 0.05) is 17.8 Å². The molecule has 1 atom stereocenters.